The predicted molar refractivity (Wildman–Crippen MR) is 87.0 cm³/mol. The molecule has 0 saturated carbocycles. The summed E-state index contributed by atoms with van der Waals surface area (Å²) in [6.07, 6.45) is -4.54. The first-order valence-corrected chi connectivity index (χ1v) is 7.54. The number of rotatable bonds is 4. The third-order valence-electron chi connectivity index (χ3n) is 2.77. The van der Waals surface area contributed by atoms with Gasteiger partial charge in [-0.2, -0.15) is 13.2 Å². The maximum atomic E-state index is 12.7. The van der Waals surface area contributed by atoms with Crippen LogP contribution in [0.5, 0.6) is 5.75 Å². The highest BCUT2D eigenvalue weighted by Gasteiger charge is 2.31. The number of ether oxygens (including phenoxy) is 1. The van der Waals surface area contributed by atoms with Crippen LogP contribution in [0.4, 0.5) is 18.9 Å². The zero-order valence-electron chi connectivity index (χ0n) is 11.8. The summed E-state index contributed by atoms with van der Waals surface area (Å²) in [4.78, 5) is 11.8. The van der Waals surface area contributed by atoms with E-state index in [1.165, 1.54) is 18.2 Å². The SMILES string of the molecule is O=C(COc1cc(Cl)cc(Cl)c1)Nc1cc(C(F)(F)F)ccc1Cl. The lowest BCUT2D eigenvalue weighted by atomic mass is 10.2. The van der Waals surface area contributed by atoms with E-state index in [0.717, 1.165) is 18.2 Å². The van der Waals surface area contributed by atoms with Gasteiger partial charge in [-0.05, 0) is 36.4 Å². The summed E-state index contributed by atoms with van der Waals surface area (Å²) >= 11 is 17.4. The fourth-order valence-corrected chi connectivity index (χ4v) is 2.42. The predicted octanol–water partition coefficient (Wildman–Crippen LogP) is 5.68. The van der Waals surface area contributed by atoms with Gasteiger partial charge in [0.05, 0.1) is 16.3 Å². The second-order valence-electron chi connectivity index (χ2n) is 4.63. The molecule has 0 aliphatic heterocycles. The molecule has 3 nitrogen and oxygen atoms in total. The van der Waals surface area contributed by atoms with E-state index in [1.807, 2.05) is 0 Å². The second-order valence-corrected chi connectivity index (χ2v) is 5.91. The average Bonchev–Trinajstić information content (AvgIpc) is 2.45. The Balaban J connectivity index is 2.04. The number of hydrogen-bond donors (Lipinski definition) is 1. The van der Waals surface area contributed by atoms with Crippen LogP contribution < -0.4 is 10.1 Å². The van der Waals surface area contributed by atoms with E-state index in [0.29, 0.717) is 10.0 Å². The van der Waals surface area contributed by atoms with Crippen LogP contribution in [-0.4, -0.2) is 12.5 Å². The monoisotopic (exact) mass is 397 g/mol. The van der Waals surface area contributed by atoms with Crippen LogP contribution in [0.1, 0.15) is 5.56 Å². The molecule has 9 heteroatoms. The van der Waals surface area contributed by atoms with Crippen LogP contribution in [0, 0.1) is 0 Å². The van der Waals surface area contributed by atoms with Gasteiger partial charge in [-0.1, -0.05) is 34.8 Å². The Morgan fingerprint density at radius 3 is 2.25 bits per heavy atom. The van der Waals surface area contributed by atoms with Crippen molar-refractivity contribution in [2.75, 3.05) is 11.9 Å². The quantitative estimate of drug-likeness (QED) is 0.719. The first-order chi connectivity index (χ1) is 11.1. The molecule has 0 heterocycles. The standard InChI is InChI=1S/C15H9Cl3F3NO2/c16-9-4-10(17)6-11(5-9)24-7-14(23)22-13-3-8(15(19,20)21)1-2-12(13)18/h1-6H,7H2,(H,22,23). The van der Waals surface area contributed by atoms with E-state index in [1.54, 1.807) is 0 Å². The zero-order chi connectivity index (χ0) is 17.9. The molecule has 0 saturated heterocycles. The summed E-state index contributed by atoms with van der Waals surface area (Å²) < 4.78 is 43.2. The molecule has 128 valence electrons. The lowest BCUT2D eigenvalue weighted by Crippen LogP contribution is -2.20. The van der Waals surface area contributed by atoms with Crippen molar-refractivity contribution in [2.24, 2.45) is 0 Å². The van der Waals surface area contributed by atoms with Gasteiger partial charge in [-0.15, -0.1) is 0 Å². The number of alkyl halides is 3. The number of halogens is 6. The van der Waals surface area contributed by atoms with Gasteiger partial charge >= 0.3 is 6.18 Å². The van der Waals surface area contributed by atoms with Crippen molar-refractivity contribution in [1.82, 2.24) is 0 Å². The van der Waals surface area contributed by atoms with Gasteiger partial charge in [0, 0.05) is 10.0 Å². The van der Waals surface area contributed by atoms with Gasteiger partial charge in [0.1, 0.15) is 5.75 Å². The van der Waals surface area contributed by atoms with E-state index < -0.39 is 24.3 Å². The molecule has 0 fully saturated rings. The third kappa shape index (κ3) is 5.19. The van der Waals surface area contributed by atoms with Crippen LogP contribution in [0.15, 0.2) is 36.4 Å². The zero-order valence-corrected chi connectivity index (χ0v) is 14.0. The number of carbonyl (C=O) groups is 1. The van der Waals surface area contributed by atoms with Crippen molar-refractivity contribution in [1.29, 1.82) is 0 Å². The Hall–Kier alpha value is -1.63. The molecule has 0 aliphatic carbocycles. The van der Waals surface area contributed by atoms with Crippen LogP contribution in [0.2, 0.25) is 15.1 Å². The van der Waals surface area contributed by atoms with Gasteiger partial charge < -0.3 is 10.1 Å². The number of hydrogen-bond acceptors (Lipinski definition) is 2. The molecule has 2 aromatic carbocycles. The molecule has 1 amide bonds. The highest BCUT2D eigenvalue weighted by Crippen LogP contribution is 2.33. The number of amides is 1. The van der Waals surface area contributed by atoms with Gasteiger partial charge in [-0.25, -0.2) is 0 Å². The molecule has 0 atom stereocenters. The molecule has 2 rings (SSSR count). The Morgan fingerprint density at radius 1 is 1.04 bits per heavy atom. The number of carbonyl (C=O) groups excluding carboxylic acids is 1. The van der Waals surface area contributed by atoms with E-state index >= 15 is 0 Å². The largest absolute Gasteiger partial charge is 0.484 e. The fraction of sp³-hybridized carbons (Fsp3) is 0.133. The van der Waals surface area contributed by atoms with Crippen LogP contribution in [-0.2, 0) is 11.0 Å². The highest BCUT2D eigenvalue weighted by atomic mass is 35.5. The van der Waals surface area contributed by atoms with E-state index in [2.05, 4.69) is 5.32 Å². The smallest absolute Gasteiger partial charge is 0.416 e. The van der Waals surface area contributed by atoms with Crippen molar-refractivity contribution in [3.63, 3.8) is 0 Å². The summed E-state index contributed by atoms with van der Waals surface area (Å²) in [6.45, 7) is -0.455. The summed E-state index contributed by atoms with van der Waals surface area (Å²) in [5.41, 5.74) is -1.09. The highest BCUT2D eigenvalue weighted by molar-refractivity contribution is 6.35. The Bertz CT molecular complexity index is 746. The van der Waals surface area contributed by atoms with E-state index in [9.17, 15) is 18.0 Å². The van der Waals surface area contributed by atoms with Crippen molar-refractivity contribution >= 4 is 46.4 Å². The van der Waals surface area contributed by atoms with Crippen molar-refractivity contribution in [2.45, 2.75) is 6.18 Å². The van der Waals surface area contributed by atoms with Crippen molar-refractivity contribution in [3.05, 3.63) is 57.0 Å². The molecular weight excluding hydrogens is 390 g/mol. The fourth-order valence-electron chi connectivity index (χ4n) is 1.74. The Morgan fingerprint density at radius 2 is 1.67 bits per heavy atom. The van der Waals surface area contributed by atoms with Crippen LogP contribution in [0.3, 0.4) is 0 Å². The lowest BCUT2D eigenvalue weighted by Gasteiger charge is -2.12. The number of nitrogens with one attached hydrogen (secondary N) is 1. The molecule has 0 radical (unpaired) electrons. The van der Waals surface area contributed by atoms with Crippen LogP contribution in [0.25, 0.3) is 0 Å². The van der Waals surface area contributed by atoms with E-state index in [-0.39, 0.29) is 16.5 Å². The first kappa shape index (κ1) is 18.7. The summed E-state index contributed by atoms with van der Waals surface area (Å²) in [5.74, 6) is -0.440. The molecule has 0 spiro atoms. The Kier molecular flexibility index (Phi) is 5.85. The maximum Gasteiger partial charge on any atom is 0.416 e. The lowest BCUT2D eigenvalue weighted by molar-refractivity contribution is -0.137. The van der Waals surface area contributed by atoms with Gasteiger partial charge in [0.15, 0.2) is 6.61 Å². The summed E-state index contributed by atoms with van der Waals surface area (Å²) in [6, 6.07) is 6.99. The first-order valence-electron chi connectivity index (χ1n) is 6.40. The third-order valence-corrected chi connectivity index (χ3v) is 3.54. The minimum absolute atomic E-state index is 0.0258. The molecular formula is C15H9Cl3F3NO2. The van der Waals surface area contributed by atoms with Gasteiger partial charge in [0.25, 0.3) is 5.91 Å². The number of anilines is 1. The summed E-state index contributed by atoms with van der Waals surface area (Å²) in [7, 11) is 0. The molecule has 1 N–H and O–H groups in total. The molecule has 24 heavy (non-hydrogen) atoms. The molecule has 0 unspecified atom stereocenters. The minimum atomic E-state index is -4.54. The Labute approximate surface area is 150 Å². The van der Waals surface area contributed by atoms with Crippen LogP contribution >= 0.6 is 34.8 Å². The van der Waals surface area contributed by atoms with E-state index in [4.69, 9.17) is 39.5 Å². The summed E-state index contributed by atoms with van der Waals surface area (Å²) in [5, 5.41) is 2.87. The molecule has 0 aromatic heterocycles. The van der Waals surface area contributed by atoms with Crippen molar-refractivity contribution in [3.8, 4) is 5.75 Å². The van der Waals surface area contributed by atoms with Crippen molar-refractivity contribution < 1.29 is 22.7 Å². The van der Waals surface area contributed by atoms with Gasteiger partial charge in [0.2, 0.25) is 0 Å². The molecule has 0 aliphatic rings. The topological polar surface area (TPSA) is 38.3 Å². The molecule has 0 bridgehead atoms. The average molecular weight is 399 g/mol. The second kappa shape index (κ2) is 7.51. The maximum absolute atomic E-state index is 12.7. The number of benzene rings is 2. The van der Waals surface area contributed by atoms with Gasteiger partial charge in [-0.3, -0.25) is 4.79 Å². The molecule has 2 aromatic rings. The minimum Gasteiger partial charge on any atom is -0.484 e. The normalized spacial score (nSPS) is 11.2.